The number of hydrogen-bond acceptors (Lipinski definition) is 6. The lowest BCUT2D eigenvalue weighted by Crippen LogP contribution is -2.53. The maximum atomic E-state index is 13.0. The first-order valence-corrected chi connectivity index (χ1v) is 7.77. The molecule has 0 atom stereocenters. The highest BCUT2D eigenvalue weighted by Crippen LogP contribution is 2.31. The van der Waals surface area contributed by atoms with E-state index >= 15 is 0 Å². The highest BCUT2D eigenvalue weighted by molar-refractivity contribution is 5.44. The number of halogens is 3. The van der Waals surface area contributed by atoms with Crippen molar-refractivity contribution in [1.29, 1.82) is 0 Å². The molecule has 2 rings (SSSR count). The normalized spacial score (nSPS) is 17.8. The number of nitrogens with one attached hydrogen (secondary N) is 1. The molecule has 24 heavy (non-hydrogen) atoms. The molecule has 2 heterocycles. The van der Waals surface area contributed by atoms with Crippen molar-refractivity contribution in [2.75, 3.05) is 58.2 Å². The van der Waals surface area contributed by atoms with E-state index in [-0.39, 0.29) is 17.3 Å². The number of alkyl halides is 3. The largest absolute Gasteiger partial charge is 0.433 e. The molecule has 1 fully saturated rings. The van der Waals surface area contributed by atoms with E-state index < -0.39 is 11.9 Å². The van der Waals surface area contributed by atoms with Crippen molar-refractivity contribution < 1.29 is 17.9 Å². The van der Waals surface area contributed by atoms with Gasteiger partial charge in [0.05, 0.1) is 0 Å². The minimum Gasteiger partial charge on any atom is -0.381 e. The van der Waals surface area contributed by atoms with Gasteiger partial charge in [-0.15, -0.1) is 0 Å². The van der Waals surface area contributed by atoms with Crippen molar-refractivity contribution in [3.05, 3.63) is 11.8 Å². The van der Waals surface area contributed by atoms with Crippen LogP contribution in [0, 0.1) is 0 Å². The van der Waals surface area contributed by atoms with Crippen molar-refractivity contribution in [2.45, 2.75) is 24.6 Å². The van der Waals surface area contributed by atoms with E-state index in [4.69, 9.17) is 4.74 Å². The van der Waals surface area contributed by atoms with Crippen LogP contribution < -0.4 is 10.2 Å². The Labute approximate surface area is 140 Å². The molecule has 136 valence electrons. The number of anilines is 2. The third-order valence-corrected chi connectivity index (χ3v) is 4.41. The number of ether oxygens (including phenoxy) is 1. The second kappa shape index (κ2) is 7.10. The average molecular weight is 347 g/mol. The van der Waals surface area contributed by atoms with E-state index in [9.17, 15) is 13.2 Å². The summed E-state index contributed by atoms with van der Waals surface area (Å²) in [6, 6.07) is 0.946. The van der Waals surface area contributed by atoms with E-state index in [2.05, 4.69) is 20.2 Å². The Bertz CT molecular complexity index is 557. The quantitative estimate of drug-likeness (QED) is 0.880. The summed E-state index contributed by atoms with van der Waals surface area (Å²) in [6.07, 6.45) is -2.92. The molecule has 1 N–H and O–H groups in total. The van der Waals surface area contributed by atoms with E-state index in [1.54, 1.807) is 14.1 Å². The Morgan fingerprint density at radius 3 is 2.29 bits per heavy atom. The predicted molar refractivity (Wildman–Crippen MR) is 86.3 cm³/mol. The van der Waals surface area contributed by atoms with Gasteiger partial charge < -0.3 is 19.9 Å². The molecule has 0 unspecified atom stereocenters. The summed E-state index contributed by atoms with van der Waals surface area (Å²) in [7, 11) is 7.22. The molecule has 0 radical (unpaired) electrons. The highest BCUT2D eigenvalue weighted by atomic mass is 19.4. The van der Waals surface area contributed by atoms with Gasteiger partial charge in [0.1, 0.15) is 5.82 Å². The topological polar surface area (TPSA) is 53.5 Å². The lowest BCUT2D eigenvalue weighted by atomic mass is 9.88. The fraction of sp³-hybridized carbons (Fsp3) is 0.733. The van der Waals surface area contributed by atoms with Gasteiger partial charge in [-0.25, -0.2) is 4.98 Å². The number of rotatable bonds is 5. The molecule has 1 aromatic heterocycles. The molecule has 6 nitrogen and oxygen atoms in total. The van der Waals surface area contributed by atoms with Crippen LogP contribution in [0.1, 0.15) is 18.5 Å². The molecular formula is C15H24F3N5O. The van der Waals surface area contributed by atoms with Crippen LogP contribution in [-0.4, -0.2) is 68.4 Å². The zero-order valence-corrected chi connectivity index (χ0v) is 14.4. The number of aromatic nitrogens is 2. The van der Waals surface area contributed by atoms with Gasteiger partial charge in [0.15, 0.2) is 5.69 Å². The summed E-state index contributed by atoms with van der Waals surface area (Å²) >= 11 is 0. The summed E-state index contributed by atoms with van der Waals surface area (Å²) in [4.78, 5) is 11.4. The first-order chi connectivity index (χ1) is 11.1. The molecule has 1 aromatic rings. The lowest BCUT2D eigenvalue weighted by Gasteiger charge is -2.42. The van der Waals surface area contributed by atoms with E-state index in [1.165, 1.54) is 4.90 Å². The molecule has 1 aliphatic rings. The monoisotopic (exact) mass is 347 g/mol. The van der Waals surface area contributed by atoms with Crippen LogP contribution in [0.2, 0.25) is 0 Å². The molecule has 0 bridgehead atoms. The molecule has 0 spiro atoms. The summed E-state index contributed by atoms with van der Waals surface area (Å²) in [5.74, 6) is 0.201. The van der Waals surface area contributed by atoms with Crippen LogP contribution >= 0.6 is 0 Å². The Balaban J connectivity index is 2.23. The minimum absolute atomic E-state index is 0.0127. The van der Waals surface area contributed by atoms with Crippen LogP contribution in [0.15, 0.2) is 6.07 Å². The van der Waals surface area contributed by atoms with Crippen molar-refractivity contribution in [3.63, 3.8) is 0 Å². The number of nitrogens with zero attached hydrogens (tertiary/aromatic N) is 4. The van der Waals surface area contributed by atoms with Gasteiger partial charge in [0.2, 0.25) is 5.95 Å². The van der Waals surface area contributed by atoms with Gasteiger partial charge >= 0.3 is 6.18 Å². The minimum atomic E-state index is -4.51. The molecule has 9 heteroatoms. The average Bonchev–Trinajstić information content (AvgIpc) is 2.52. The Hall–Kier alpha value is -1.61. The van der Waals surface area contributed by atoms with Crippen molar-refractivity contribution in [3.8, 4) is 0 Å². The Morgan fingerprint density at radius 2 is 1.79 bits per heavy atom. The van der Waals surface area contributed by atoms with Crippen LogP contribution in [0.4, 0.5) is 24.9 Å². The van der Waals surface area contributed by atoms with Gasteiger partial charge in [-0.3, -0.25) is 0 Å². The summed E-state index contributed by atoms with van der Waals surface area (Å²) in [5, 5.41) is 3.00. The fourth-order valence-electron chi connectivity index (χ4n) is 2.66. The number of likely N-dealkylation sites (N-methyl/N-ethyl adjacent to an activating group) is 1. The highest BCUT2D eigenvalue weighted by Gasteiger charge is 2.36. The summed E-state index contributed by atoms with van der Waals surface area (Å²) in [6.45, 7) is 1.72. The van der Waals surface area contributed by atoms with Gasteiger partial charge in [0, 0.05) is 45.5 Å². The van der Waals surface area contributed by atoms with Crippen LogP contribution in [0.3, 0.4) is 0 Å². The van der Waals surface area contributed by atoms with E-state index in [0.717, 1.165) is 18.9 Å². The molecule has 0 aromatic carbocycles. The maximum Gasteiger partial charge on any atom is 0.433 e. The molecule has 0 aliphatic carbocycles. The molecule has 0 saturated carbocycles. The third-order valence-electron chi connectivity index (χ3n) is 4.41. The Morgan fingerprint density at radius 1 is 1.17 bits per heavy atom. The van der Waals surface area contributed by atoms with Crippen molar-refractivity contribution >= 4 is 11.8 Å². The van der Waals surface area contributed by atoms with Gasteiger partial charge in [-0.05, 0) is 26.9 Å². The lowest BCUT2D eigenvalue weighted by molar-refractivity contribution is -0.141. The van der Waals surface area contributed by atoms with Gasteiger partial charge in [-0.2, -0.15) is 18.2 Å². The van der Waals surface area contributed by atoms with Crippen LogP contribution in [0.25, 0.3) is 0 Å². The summed E-state index contributed by atoms with van der Waals surface area (Å²) < 4.78 is 44.5. The maximum absolute atomic E-state index is 13.0. The zero-order valence-electron chi connectivity index (χ0n) is 14.4. The van der Waals surface area contributed by atoms with Gasteiger partial charge in [-0.1, -0.05) is 0 Å². The van der Waals surface area contributed by atoms with Crippen LogP contribution in [0.5, 0.6) is 0 Å². The van der Waals surface area contributed by atoms with Crippen LogP contribution in [-0.2, 0) is 10.9 Å². The van der Waals surface area contributed by atoms with E-state index in [1.807, 2.05) is 14.1 Å². The number of hydrogen-bond donors (Lipinski definition) is 1. The second-order valence-electron chi connectivity index (χ2n) is 6.41. The first kappa shape index (κ1) is 18.7. The molecular weight excluding hydrogens is 323 g/mol. The van der Waals surface area contributed by atoms with E-state index in [0.29, 0.717) is 19.8 Å². The Kier molecular flexibility index (Phi) is 5.54. The smallest absolute Gasteiger partial charge is 0.381 e. The fourth-order valence-corrected chi connectivity index (χ4v) is 2.66. The predicted octanol–water partition coefficient (Wildman–Crippen LogP) is 2.08. The molecule has 1 saturated heterocycles. The second-order valence-corrected chi connectivity index (χ2v) is 6.41. The van der Waals surface area contributed by atoms with Gasteiger partial charge in [0.25, 0.3) is 0 Å². The zero-order chi connectivity index (χ0) is 18.0. The SMILES string of the molecule is CN(C)c1cc(C(F)(F)F)nc(NCC2(N(C)C)CCOCC2)n1. The first-order valence-electron chi connectivity index (χ1n) is 7.77. The van der Waals surface area contributed by atoms with Crippen molar-refractivity contribution in [1.82, 2.24) is 14.9 Å². The standard InChI is InChI=1S/C15H24F3N5O/c1-22(2)12-9-11(15(16,17)18)20-13(21-12)19-10-14(23(3)4)5-7-24-8-6-14/h9H,5-8,10H2,1-4H3,(H,19,20,21). The van der Waals surface area contributed by atoms with Crippen molar-refractivity contribution in [2.24, 2.45) is 0 Å². The third kappa shape index (κ3) is 4.27. The summed E-state index contributed by atoms with van der Waals surface area (Å²) in [5.41, 5.74) is -1.14. The molecule has 0 amide bonds. The molecule has 1 aliphatic heterocycles.